The van der Waals surface area contributed by atoms with E-state index in [1.54, 1.807) is 0 Å². The molecule has 1 saturated heterocycles. The zero-order valence-electron chi connectivity index (χ0n) is 51.0. The van der Waals surface area contributed by atoms with Gasteiger partial charge in [0.05, 0.1) is 6.61 Å². The van der Waals surface area contributed by atoms with Crippen molar-refractivity contribution in [2.45, 2.75) is 302 Å². The van der Waals surface area contributed by atoms with Crippen molar-refractivity contribution in [2.75, 3.05) is 13.2 Å². The second kappa shape index (κ2) is 56.1. The largest absolute Gasteiger partial charge is 0.479 e. The van der Waals surface area contributed by atoms with E-state index in [0.29, 0.717) is 25.7 Å². The molecule has 1 aliphatic heterocycles. The molecule has 3 N–H and O–H groups in total. The van der Waals surface area contributed by atoms with Gasteiger partial charge in [-0.15, -0.1) is 0 Å². The van der Waals surface area contributed by atoms with E-state index >= 15 is 0 Å². The monoisotopic (exact) mass is 1130 g/mol. The first-order chi connectivity index (χ1) is 39.6. The summed E-state index contributed by atoms with van der Waals surface area (Å²) < 4.78 is 28.4. The molecule has 12 nitrogen and oxygen atoms in total. The number of carboxylic acids is 1. The van der Waals surface area contributed by atoms with E-state index in [9.17, 15) is 34.5 Å². The highest BCUT2D eigenvalue weighted by Crippen LogP contribution is 2.26. The van der Waals surface area contributed by atoms with E-state index in [2.05, 4.69) is 106 Å². The third kappa shape index (κ3) is 45.8. The lowest BCUT2D eigenvalue weighted by atomic mass is 9.98. The number of carbonyl (C=O) groups is 4. The van der Waals surface area contributed by atoms with Gasteiger partial charge in [-0.1, -0.05) is 246 Å². The first-order valence-corrected chi connectivity index (χ1v) is 32.2. The maximum atomic E-state index is 13.2. The van der Waals surface area contributed by atoms with Gasteiger partial charge < -0.3 is 39.0 Å². The highest BCUT2D eigenvalue weighted by Gasteiger charge is 2.50. The predicted molar refractivity (Wildman–Crippen MR) is 331 cm³/mol. The topological polar surface area (TPSA) is 175 Å². The first-order valence-electron chi connectivity index (χ1n) is 32.2. The van der Waals surface area contributed by atoms with Gasteiger partial charge in [0.1, 0.15) is 18.8 Å². The minimum atomic E-state index is -1.92. The van der Waals surface area contributed by atoms with Crippen molar-refractivity contribution < 1.29 is 58.2 Å². The maximum Gasteiger partial charge on any atom is 0.335 e. The van der Waals surface area contributed by atoms with Crippen molar-refractivity contribution in [3.05, 3.63) is 97.2 Å². The Morgan fingerprint density at radius 3 is 1.25 bits per heavy atom. The lowest BCUT2D eigenvalue weighted by Gasteiger charge is -2.40. The van der Waals surface area contributed by atoms with Crippen molar-refractivity contribution in [1.29, 1.82) is 0 Å². The SMILES string of the molecule is CC/C=C\C/C=C\C/C=C\C/C=C\C/C=C\CCCC(=O)OC(COC(=O)CCCCCCCC/C=C\C/C=C\C/C=C\CCCCC)COC1OC(C(=O)O)C(O)C(O)C1OC(=O)CCCCCCCCCCCCCCCCC. The molecule has 1 rings (SSSR count). The van der Waals surface area contributed by atoms with Gasteiger partial charge in [0, 0.05) is 19.3 Å². The number of carboxylic acid groups (broad SMARTS) is 1. The van der Waals surface area contributed by atoms with Crippen LogP contribution in [0.1, 0.15) is 265 Å². The lowest BCUT2D eigenvalue weighted by Crippen LogP contribution is -2.61. The Morgan fingerprint density at radius 2 is 0.790 bits per heavy atom. The molecule has 1 fully saturated rings. The summed E-state index contributed by atoms with van der Waals surface area (Å²) in [5.41, 5.74) is 0. The molecule has 0 bridgehead atoms. The van der Waals surface area contributed by atoms with Crippen LogP contribution >= 0.6 is 0 Å². The molecule has 1 heterocycles. The summed E-state index contributed by atoms with van der Waals surface area (Å²) in [6.45, 7) is 5.81. The quantitative estimate of drug-likeness (QED) is 0.0228. The zero-order chi connectivity index (χ0) is 58.9. The molecule has 0 aromatic rings. The number of hydrogen-bond acceptors (Lipinski definition) is 11. The molecular formula is C69H114O12. The van der Waals surface area contributed by atoms with E-state index in [1.807, 2.05) is 12.2 Å². The molecule has 0 saturated carbocycles. The van der Waals surface area contributed by atoms with Crippen LogP contribution in [0.2, 0.25) is 0 Å². The molecule has 6 unspecified atom stereocenters. The summed E-state index contributed by atoms with van der Waals surface area (Å²) in [4.78, 5) is 51.3. The predicted octanol–water partition coefficient (Wildman–Crippen LogP) is 17.2. The fraction of sp³-hybridized carbons (Fsp3) is 0.710. The summed E-state index contributed by atoms with van der Waals surface area (Å²) in [7, 11) is 0. The average molecular weight is 1140 g/mol. The number of esters is 3. The van der Waals surface area contributed by atoms with Crippen LogP contribution in [0.25, 0.3) is 0 Å². The van der Waals surface area contributed by atoms with Crippen LogP contribution in [-0.4, -0.2) is 89.2 Å². The number of rotatable bonds is 54. The summed E-state index contributed by atoms with van der Waals surface area (Å²) in [6.07, 6.45) is 62.3. The maximum absolute atomic E-state index is 13.2. The molecular weight excluding hydrogens is 1020 g/mol. The van der Waals surface area contributed by atoms with Crippen LogP contribution < -0.4 is 0 Å². The fourth-order valence-electron chi connectivity index (χ4n) is 9.23. The van der Waals surface area contributed by atoms with Crippen molar-refractivity contribution in [1.82, 2.24) is 0 Å². The fourth-order valence-corrected chi connectivity index (χ4v) is 9.23. The minimum Gasteiger partial charge on any atom is -0.479 e. The third-order valence-corrected chi connectivity index (χ3v) is 14.1. The standard InChI is InChI=1S/C69H114O12/c1-4-7-10-13-16-19-22-25-28-30-31-33-35-37-40-43-46-49-52-55-61(70)77-58-60(79-62(71)56-53-50-47-44-41-39-36-32-29-26-23-20-17-14-11-8-5-2)59-78-69-67(65(74)64(73)66(81-69)68(75)76)80-63(72)57-54-51-48-45-42-38-34-27-24-21-18-15-12-9-6-3/h8,11,16-17,19-20,25-26,28-29,31,33,36,39,44,47,60,64-67,69,73-74H,4-7,9-10,12-15,18,21-24,27,30,32,34-35,37-38,40-43,45-46,48-59H2,1-3H3,(H,75,76)/b11-8-,19-16-,20-17-,28-25-,29-26-,33-31-,39-36-,47-44-. The van der Waals surface area contributed by atoms with Gasteiger partial charge in [-0.3, -0.25) is 14.4 Å². The molecule has 0 amide bonds. The normalized spacial score (nSPS) is 18.4. The van der Waals surface area contributed by atoms with Gasteiger partial charge in [0.15, 0.2) is 24.6 Å². The number of ether oxygens (including phenoxy) is 5. The molecule has 12 heteroatoms. The number of aliphatic hydroxyl groups is 2. The number of aliphatic carboxylic acids is 1. The summed E-state index contributed by atoms with van der Waals surface area (Å²) >= 11 is 0. The van der Waals surface area contributed by atoms with E-state index < -0.39 is 67.3 Å². The van der Waals surface area contributed by atoms with Crippen LogP contribution in [0.4, 0.5) is 0 Å². The van der Waals surface area contributed by atoms with Gasteiger partial charge in [-0.25, -0.2) is 4.79 Å². The van der Waals surface area contributed by atoms with Gasteiger partial charge in [0.25, 0.3) is 0 Å². The number of carbonyl (C=O) groups excluding carboxylic acids is 3. The smallest absolute Gasteiger partial charge is 0.335 e. The third-order valence-electron chi connectivity index (χ3n) is 14.1. The second-order valence-electron chi connectivity index (χ2n) is 21.7. The van der Waals surface area contributed by atoms with E-state index in [4.69, 9.17) is 23.7 Å². The number of aliphatic hydroxyl groups excluding tert-OH is 2. The van der Waals surface area contributed by atoms with Crippen LogP contribution in [0, 0.1) is 0 Å². The zero-order valence-corrected chi connectivity index (χ0v) is 51.0. The molecule has 0 aliphatic carbocycles. The molecule has 0 aromatic carbocycles. The molecule has 1 aliphatic rings. The highest BCUT2D eigenvalue weighted by atomic mass is 16.7. The Morgan fingerprint density at radius 1 is 0.420 bits per heavy atom. The van der Waals surface area contributed by atoms with Gasteiger partial charge >= 0.3 is 23.9 Å². The van der Waals surface area contributed by atoms with Gasteiger partial charge in [-0.05, 0) is 96.3 Å². The van der Waals surface area contributed by atoms with E-state index in [0.717, 1.165) is 109 Å². The first kappa shape index (κ1) is 74.7. The van der Waals surface area contributed by atoms with Gasteiger partial charge in [-0.2, -0.15) is 0 Å². The highest BCUT2D eigenvalue weighted by molar-refractivity contribution is 5.74. The second-order valence-corrected chi connectivity index (χ2v) is 21.7. The summed E-state index contributed by atoms with van der Waals surface area (Å²) in [5.74, 6) is -3.21. The minimum absolute atomic E-state index is 0.0519. The molecule has 6 atom stereocenters. The average Bonchev–Trinajstić information content (AvgIpc) is 3.52. The molecule has 0 spiro atoms. The van der Waals surface area contributed by atoms with E-state index in [1.165, 1.54) is 89.9 Å². The van der Waals surface area contributed by atoms with Crippen molar-refractivity contribution >= 4 is 23.9 Å². The van der Waals surface area contributed by atoms with Crippen molar-refractivity contribution in [3.8, 4) is 0 Å². The Hall–Kier alpha value is -4.36. The number of hydrogen-bond donors (Lipinski definition) is 3. The van der Waals surface area contributed by atoms with Crippen LogP contribution in [0.15, 0.2) is 97.2 Å². The molecule has 0 aromatic heterocycles. The van der Waals surface area contributed by atoms with Crippen LogP contribution in [-0.2, 0) is 42.9 Å². The summed E-state index contributed by atoms with van der Waals surface area (Å²) in [6, 6.07) is 0. The van der Waals surface area contributed by atoms with Gasteiger partial charge in [0.2, 0.25) is 0 Å². The van der Waals surface area contributed by atoms with Crippen LogP contribution in [0.5, 0.6) is 0 Å². The number of unbranched alkanes of at least 4 members (excludes halogenated alkanes) is 24. The Kier molecular flexibility index (Phi) is 51.7. The van der Waals surface area contributed by atoms with Crippen LogP contribution in [0.3, 0.4) is 0 Å². The molecule has 0 radical (unpaired) electrons. The lowest BCUT2D eigenvalue weighted by molar-refractivity contribution is -0.301. The Labute approximate surface area is 492 Å². The number of allylic oxidation sites excluding steroid dienone is 16. The molecule has 81 heavy (non-hydrogen) atoms. The molecule has 462 valence electrons. The Balaban J connectivity index is 2.71. The summed E-state index contributed by atoms with van der Waals surface area (Å²) in [5, 5.41) is 31.6. The van der Waals surface area contributed by atoms with E-state index in [-0.39, 0.29) is 25.9 Å². The Bertz CT molecular complexity index is 1780. The van der Waals surface area contributed by atoms with Crippen molar-refractivity contribution in [2.24, 2.45) is 0 Å². The van der Waals surface area contributed by atoms with Crippen molar-refractivity contribution in [3.63, 3.8) is 0 Å².